The lowest BCUT2D eigenvalue weighted by Gasteiger charge is -2.20. The molecule has 0 aromatic heterocycles. The Bertz CT molecular complexity index is 785. The smallest absolute Gasteiger partial charge is 0.234 e. The summed E-state index contributed by atoms with van der Waals surface area (Å²) < 4.78 is 23.3. The van der Waals surface area contributed by atoms with Crippen molar-refractivity contribution in [2.24, 2.45) is 4.99 Å². The van der Waals surface area contributed by atoms with E-state index in [0.717, 1.165) is 22.0 Å². The van der Waals surface area contributed by atoms with Gasteiger partial charge in [-0.2, -0.15) is 0 Å². The number of para-hydroxylation sites is 1. The molecule has 3 rings (SSSR count). The van der Waals surface area contributed by atoms with Crippen LogP contribution in [0.4, 0.5) is 5.69 Å². The van der Waals surface area contributed by atoms with Crippen molar-refractivity contribution in [1.29, 1.82) is 0 Å². The highest BCUT2D eigenvalue weighted by molar-refractivity contribution is 8.14. The topological polar surface area (TPSA) is 78.8 Å². The number of benzene rings is 1. The van der Waals surface area contributed by atoms with Gasteiger partial charge in [0.15, 0.2) is 15.0 Å². The van der Waals surface area contributed by atoms with Gasteiger partial charge in [-0.3, -0.25) is 9.79 Å². The zero-order valence-electron chi connectivity index (χ0n) is 13.9. The van der Waals surface area contributed by atoms with Crippen LogP contribution in [0.3, 0.4) is 0 Å². The van der Waals surface area contributed by atoms with Crippen LogP contribution in [0.5, 0.6) is 0 Å². The second kappa shape index (κ2) is 6.40. The molecular formula is C16H21N3O3S2. The van der Waals surface area contributed by atoms with E-state index in [9.17, 15) is 13.2 Å². The third-order valence-electron chi connectivity index (χ3n) is 4.45. The van der Waals surface area contributed by atoms with Crippen LogP contribution >= 0.6 is 11.8 Å². The van der Waals surface area contributed by atoms with E-state index in [-0.39, 0.29) is 35.2 Å². The molecule has 130 valence electrons. The summed E-state index contributed by atoms with van der Waals surface area (Å²) in [7, 11) is -1.13. The number of aryl methyl sites for hydroxylation is 2. The second-order valence-corrected chi connectivity index (χ2v) is 9.43. The van der Waals surface area contributed by atoms with Gasteiger partial charge in [0, 0.05) is 12.7 Å². The maximum Gasteiger partial charge on any atom is 0.234 e. The maximum atomic E-state index is 12.2. The first-order valence-electron chi connectivity index (χ1n) is 7.77. The minimum absolute atomic E-state index is 0.0841. The van der Waals surface area contributed by atoms with Crippen LogP contribution < -0.4 is 5.32 Å². The van der Waals surface area contributed by atoms with E-state index < -0.39 is 9.84 Å². The van der Waals surface area contributed by atoms with Crippen LogP contribution in [0.25, 0.3) is 0 Å². The molecule has 2 atom stereocenters. The second-order valence-electron chi connectivity index (χ2n) is 6.34. The van der Waals surface area contributed by atoms with E-state index in [4.69, 9.17) is 0 Å². The van der Waals surface area contributed by atoms with Crippen molar-refractivity contribution in [2.45, 2.75) is 25.9 Å². The first-order valence-corrected chi connectivity index (χ1v) is 10.6. The molecule has 1 fully saturated rings. The highest BCUT2D eigenvalue weighted by Gasteiger charge is 2.45. The van der Waals surface area contributed by atoms with Crippen molar-refractivity contribution in [1.82, 2.24) is 4.90 Å². The van der Waals surface area contributed by atoms with Gasteiger partial charge >= 0.3 is 0 Å². The Morgan fingerprint density at radius 3 is 2.62 bits per heavy atom. The summed E-state index contributed by atoms with van der Waals surface area (Å²) in [6.45, 7) is 3.93. The SMILES string of the molecule is Cc1cccc(C)c1NC(=O)CSC1=N[C@H]2CS(=O)(=O)C[C@@H]2N1C. The molecule has 8 heteroatoms. The molecule has 0 aliphatic carbocycles. The van der Waals surface area contributed by atoms with E-state index in [0.29, 0.717) is 0 Å². The van der Waals surface area contributed by atoms with Gasteiger partial charge in [0.05, 0.1) is 29.3 Å². The summed E-state index contributed by atoms with van der Waals surface area (Å²) in [4.78, 5) is 18.6. The molecular weight excluding hydrogens is 346 g/mol. The highest BCUT2D eigenvalue weighted by Crippen LogP contribution is 2.29. The number of likely N-dealkylation sites (N-methyl/N-ethyl adjacent to an activating group) is 1. The lowest BCUT2D eigenvalue weighted by molar-refractivity contribution is -0.113. The zero-order valence-corrected chi connectivity index (χ0v) is 15.6. The molecule has 0 unspecified atom stereocenters. The molecule has 0 saturated carbocycles. The van der Waals surface area contributed by atoms with E-state index in [1.54, 1.807) is 0 Å². The molecule has 24 heavy (non-hydrogen) atoms. The van der Waals surface area contributed by atoms with Gasteiger partial charge in [-0.25, -0.2) is 8.42 Å². The Balaban J connectivity index is 1.60. The molecule has 1 aromatic rings. The number of amidine groups is 1. The van der Waals surface area contributed by atoms with Gasteiger partial charge in [-0.1, -0.05) is 30.0 Å². The van der Waals surface area contributed by atoms with Crippen LogP contribution in [0.2, 0.25) is 0 Å². The summed E-state index contributed by atoms with van der Waals surface area (Å²) in [6, 6.07) is 5.62. The fourth-order valence-electron chi connectivity index (χ4n) is 3.13. The summed E-state index contributed by atoms with van der Waals surface area (Å²) in [6.07, 6.45) is 0. The van der Waals surface area contributed by atoms with Crippen molar-refractivity contribution in [2.75, 3.05) is 29.6 Å². The standard InChI is InChI=1S/C16H21N3O3S2/c1-10-5-4-6-11(2)15(10)18-14(20)7-23-16-17-12-8-24(21,22)9-13(12)19(16)3/h4-6,12-13H,7-9H2,1-3H3,(H,18,20)/t12-,13-/m0/s1. The predicted octanol–water partition coefficient (Wildman–Crippen LogP) is 1.44. The van der Waals surface area contributed by atoms with E-state index in [2.05, 4.69) is 10.3 Å². The van der Waals surface area contributed by atoms with Gasteiger partial charge in [-0.15, -0.1) is 0 Å². The molecule has 1 saturated heterocycles. The molecule has 1 N–H and O–H groups in total. The quantitative estimate of drug-likeness (QED) is 0.875. The highest BCUT2D eigenvalue weighted by atomic mass is 32.2. The zero-order chi connectivity index (χ0) is 17.5. The lowest BCUT2D eigenvalue weighted by Crippen LogP contribution is -2.35. The van der Waals surface area contributed by atoms with Crippen molar-refractivity contribution < 1.29 is 13.2 Å². The number of nitrogens with one attached hydrogen (secondary N) is 1. The van der Waals surface area contributed by atoms with E-state index in [1.807, 2.05) is 44.0 Å². The number of nitrogens with zero attached hydrogens (tertiary/aromatic N) is 2. The maximum absolute atomic E-state index is 12.2. The molecule has 0 bridgehead atoms. The van der Waals surface area contributed by atoms with Gasteiger partial charge in [0.2, 0.25) is 5.91 Å². The van der Waals surface area contributed by atoms with Gasteiger partial charge in [-0.05, 0) is 25.0 Å². The lowest BCUT2D eigenvalue weighted by atomic mass is 10.1. The third kappa shape index (κ3) is 3.44. The molecule has 2 heterocycles. The summed E-state index contributed by atoms with van der Waals surface area (Å²) in [5.74, 6) is 0.429. The largest absolute Gasteiger partial charge is 0.348 e. The van der Waals surface area contributed by atoms with Gasteiger partial charge in [0.25, 0.3) is 0 Å². The van der Waals surface area contributed by atoms with E-state index in [1.165, 1.54) is 11.8 Å². The number of anilines is 1. The normalized spacial score (nSPS) is 24.6. The average Bonchev–Trinajstić information content (AvgIpc) is 2.94. The molecule has 0 spiro atoms. The van der Waals surface area contributed by atoms with Crippen molar-refractivity contribution in [3.63, 3.8) is 0 Å². The number of rotatable bonds is 3. The monoisotopic (exact) mass is 367 g/mol. The van der Waals surface area contributed by atoms with E-state index >= 15 is 0 Å². The number of hydrogen-bond donors (Lipinski definition) is 1. The summed E-state index contributed by atoms with van der Waals surface area (Å²) in [5, 5.41) is 3.70. The fourth-order valence-corrected chi connectivity index (χ4v) is 5.94. The number of thioether (sulfide) groups is 1. The Labute approximate surface area is 146 Å². The Hall–Kier alpha value is -1.54. The van der Waals surface area contributed by atoms with Crippen molar-refractivity contribution in [3.8, 4) is 0 Å². The Morgan fingerprint density at radius 1 is 1.33 bits per heavy atom. The van der Waals surface area contributed by atoms with Crippen LogP contribution in [0, 0.1) is 13.8 Å². The molecule has 6 nitrogen and oxygen atoms in total. The molecule has 0 radical (unpaired) electrons. The summed E-state index contributed by atoms with van der Waals surface area (Å²) in [5.41, 5.74) is 2.92. The van der Waals surface area contributed by atoms with Crippen LogP contribution in [-0.2, 0) is 14.6 Å². The summed E-state index contributed by atoms with van der Waals surface area (Å²) >= 11 is 1.36. The van der Waals surface area contributed by atoms with Gasteiger partial charge in [0.1, 0.15) is 0 Å². The molecule has 2 aliphatic heterocycles. The fraction of sp³-hybridized carbons (Fsp3) is 0.500. The first kappa shape index (κ1) is 17.3. The average molecular weight is 367 g/mol. The third-order valence-corrected chi connectivity index (χ3v) is 7.20. The Morgan fingerprint density at radius 2 is 2.00 bits per heavy atom. The number of sulfone groups is 1. The minimum atomic E-state index is -2.98. The molecule has 1 aromatic carbocycles. The Kier molecular flexibility index (Phi) is 4.61. The number of fused-ring (bicyclic) bond motifs is 1. The minimum Gasteiger partial charge on any atom is -0.348 e. The van der Waals surface area contributed by atoms with Crippen molar-refractivity contribution in [3.05, 3.63) is 29.3 Å². The first-order chi connectivity index (χ1) is 11.3. The van der Waals surface area contributed by atoms with Crippen LogP contribution in [-0.4, -0.2) is 60.8 Å². The van der Waals surface area contributed by atoms with Crippen LogP contribution in [0.15, 0.2) is 23.2 Å². The van der Waals surface area contributed by atoms with Gasteiger partial charge < -0.3 is 10.2 Å². The molecule has 1 amide bonds. The predicted molar refractivity (Wildman–Crippen MR) is 98.4 cm³/mol. The van der Waals surface area contributed by atoms with Crippen LogP contribution in [0.1, 0.15) is 11.1 Å². The number of amides is 1. The number of aliphatic imine (C=N–C) groups is 1. The van der Waals surface area contributed by atoms with Crippen molar-refractivity contribution >= 4 is 38.4 Å². The number of carbonyl (C=O) groups is 1. The molecule has 2 aliphatic rings. The number of hydrogen-bond acceptors (Lipinski definition) is 6. The number of carbonyl (C=O) groups excluding carboxylic acids is 1.